The second-order valence-electron chi connectivity index (χ2n) is 7.38. The van der Waals surface area contributed by atoms with Crippen LogP contribution in [0.25, 0.3) is 11.1 Å². The number of carbonyl (C=O) groups is 1. The highest BCUT2D eigenvalue weighted by atomic mass is 16.5. The maximum atomic E-state index is 12.1. The Hall–Kier alpha value is -4.38. The summed E-state index contributed by atoms with van der Waals surface area (Å²) in [4.78, 5) is 20.1. The molecule has 1 aromatic heterocycles. The van der Waals surface area contributed by atoms with Gasteiger partial charge in [-0.05, 0) is 43.0 Å². The lowest BCUT2D eigenvalue weighted by Crippen LogP contribution is -2.31. The SMILES string of the molecule is N#CNC(=NCC(=O)NCCCCCOc1ccccc1-c1ccccc1)Nc1ccncc1. The average Bonchev–Trinajstić information content (AvgIpc) is 2.88. The summed E-state index contributed by atoms with van der Waals surface area (Å²) in [7, 11) is 0. The van der Waals surface area contributed by atoms with Gasteiger partial charge in [0.05, 0.1) is 6.61 Å². The number of nitriles is 1. The molecular formula is C26H28N6O2. The number of carbonyl (C=O) groups excluding carboxylic acids is 1. The van der Waals surface area contributed by atoms with E-state index in [1.165, 1.54) is 0 Å². The first-order chi connectivity index (χ1) is 16.8. The number of ether oxygens (including phenoxy) is 1. The van der Waals surface area contributed by atoms with Gasteiger partial charge in [-0.2, -0.15) is 5.26 Å². The molecule has 2 aromatic carbocycles. The van der Waals surface area contributed by atoms with Gasteiger partial charge in [-0.3, -0.25) is 15.1 Å². The van der Waals surface area contributed by atoms with E-state index in [1.807, 2.05) is 36.4 Å². The number of hydrogen-bond acceptors (Lipinski definition) is 5. The Kier molecular flexibility index (Phi) is 9.93. The van der Waals surface area contributed by atoms with Crippen LogP contribution in [0.15, 0.2) is 84.1 Å². The van der Waals surface area contributed by atoms with Crippen LogP contribution in [-0.4, -0.2) is 36.5 Å². The molecule has 34 heavy (non-hydrogen) atoms. The quantitative estimate of drug-likeness (QED) is 0.132. The third-order valence-electron chi connectivity index (χ3n) is 4.87. The number of hydrogen-bond donors (Lipinski definition) is 3. The summed E-state index contributed by atoms with van der Waals surface area (Å²) in [6, 6.07) is 21.7. The lowest BCUT2D eigenvalue weighted by Gasteiger charge is -2.11. The van der Waals surface area contributed by atoms with E-state index in [0.717, 1.165) is 36.1 Å². The van der Waals surface area contributed by atoms with Gasteiger partial charge >= 0.3 is 0 Å². The number of nitrogens with one attached hydrogen (secondary N) is 3. The average molecular weight is 457 g/mol. The molecule has 0 spiro atoms. The molecule has 0 saturated heterocycles. The van der Waals surface area contributed by atoms with Crippen LogP contribution >= 0.6 is 0 Å². The maximum Gasteiger partial charge on any atom is 0.241 e. The number of guanidine groups is 1. The van der Waals surface area contributed by atoms with Crippen LogP contribution in [0.3, 0.4) is 0 Å². The number of anilines is 1. The van der Waals surface area contributed by atoms with E-state index >= 15 is 0 Å². The molecule has 0 aliphatic rings. The standard InChI is InChI=1S/C26H28N6O2/c27-20-31-26(32-22-13-16-28-17-14-22)30-19-25(33)29-15-7-2-8-18-34-24-12-6-5-11-23(24)21-9-3-1-4-10-21/h1,3-6,9-14,16-17H,2,7-8,15,18-19H2,(H,29,33)(H2,28,30,31,32). The molecule has 0 bridgehead atoms. The summed E-state index contributed by atoms with van der Waals surface area (Å²) in [6.07, 6.45) is 7.71. The molecule has 174 valence electrons. The molecule has 0 atom stereocenters. The Labute approximate surface area is 199 Å². The summed E-state index contributed by atoms with van der Waals surface area (Å²) < 4.78 is 6.01. The Morgan fingerprint density at radius 1 is 0.971 bits per heavy atom. The second-order valence-corrected chi connectivity index (χ2v) is 7.38. The highest BCUT2D eigenvalue weighted by molar-refractivity contribution is 5.95. The number of para-hydroxylation sites is 1. The van der Waals surface area contributed by atoms with E-state index < -0.39 is 0 Å². The maximum absolute atomic E-state index is 12.1. The zero-order valence-corrected chi connectivity index (χ0v) is 18.9. The van der Waals surface area contributed by atoms with Gasteiger partial charge in [0, 0.05) is 30.2 Å². The molecule has 0 unspecified atom stereocenters. The first kappa shape index (κ1) is 24.3. The van der Waals surface area contributed by atoms with Crippen LogP contribution in [0.1, 0.15) is 19.3 Å². The first-order valence-corrected chi connectivity index (χ1v) is 11.2. The number of aromatic nitrogens is 1. The lowest BCUT2D eigenvalue weighted by molar-refractivity contribution is -0.119. The number of nitrogens with zero attached hydrogens (tertiary/aromatic N) is 3. The van der Waals surface area contributed by atoms with Crippen molar-refractivity contribution < 1.29 is 9.53 Å². The van der Waals surface area contributed by atoms with Crippen LogP contribution < -0.4 is 20.7 Å². The number of unbranched alkanes of at least 4 members (excludes halogenated alkanes) is 2. The predicted molar refractivity (Wildman–Crippen MR) is 133 cm³/mol. The van der Waals surface area contributed by atoms with Gasteiger partial charge in [0.1, 0.15) is 12.3 Å². The van der Waals surface area contributed by atoms with Crippen LogP contribution in [0.2, 0.25) is 0 Å². The Balaban J connectivity index is 1.33. The molecule has 1 amide bonds. The van der Waals surface area contributed by atoms with Crippen molar-refractivity contribution in [1.29, 1.82) is 5.26 Å². The number of rotatable bonds is 11. The summed E-state index contributed by atoms with van der Waals surface area (Å²) in [5.41, 5.74) is 2.93. The van der Waals surface area contributed by atoms with Crippen LogP contribution in [0.5, 0.6) is 5.75 Å². The molecule has 8 nitrogen and oxygen atoms in total. The molecule has 0 aliphatic heterocycles. The van der Waals surface area contributed by atoms with Gasteiger partial charge in [0.25, 0.3) is 0 Å². The Morgan fingerprint density at radius 3 is 2.53 bits per heavy atom. The van der Waals surface area contributed by atoms with E-state index in [0.29, 0.717) is 18.8 Å². The fourth-order valence-electron chi connectivity index (χ4n) is 3.20. The largest absolute Gasteiger partial charge is 0.493 e. The first-order valence-electron chi connectivity index (χ1n) is 11.2. The van der Waals surface area contributed by atoms with Gasteiger partial charge in [-0.25, -0.2) is 4.99 Å². The molecule has 3 N–H and O–H groups in total. The van der Waals surface area contributed by atoms with Crippen LogP contribution in [-0.2, 0) is 4.79 Å². The molecule has 0 saturated carbocycles. The number of benzene rings is 2. The minimum Gasteiger partial charge on any atom is -0.493 e. The van der Waals surface area contributed by atoms with Crippen molar-refractivity contribution in [3.63, 3.8) is 0 Å². The highest BCUT2D eigenvalue weighted by Gasteiger charge is 2.06. The van der Waals surface area contributed by atoms with Gasteiger partial charge in [-0.1, -0.05) is 48.5 Å². The second kappa shape index (κ2) is 13.9. The molecule has 0 radical (unpaired) electrons. The van der Waals surface area contributed by atoms with E-state index in [2.05, 4.69) is 44.1 Å². The van der Waals surface area contributed by atoms with Crippen molar-refractivity contribution in [2.45, 2.75) is 19.3 Å². The van der Waals surface area contributed by atoms with Crippen molar-refractivity contribution in [3.8, 4) is 23.1 Å². The summed E-state index contributed by atoms with van der Waals surface area (Å²) in [6.45, 7) is 1.10. The summed E-state index contributed by atoms with van der Waals surface area (Å²) in [5, 5.41) is 17.1. The fourth-order valence-corrected chi connectivity index (χ4v) is 3.20. The topological polar surface area (TPSA) is 111 Å². The molecule has 3 rings (SSSR count). The van der Waals surface area contributed by atoms with Gasteiger partial charge in [0.2, 0.25) is 11.9 Å². The molecule has 3 aromatic rings. The van der Waals surface area contributed by atoms with Gasteiger partial charge in [-0.15, -0.1) is 0 Å². The van der Waals surface area contributed by atoms with Crippen molar-refractivity contribution >= 4 is 17.6 Å². The fraction of sp³-hybridized carbons (Fsp3) is 0.231. The third-order valence-corrected chi connectivity index (χ3v) is 4.87. The normalized spacial score (nSPS) is 10.7. The molecule has 0 fully saturated rings. The predicted octanol–water partition coefficient (Wildman–Crippen LogP) is 3.95. The molecule has 1 heterocycles. The van der Waals surface area contributed by atoms with Crippen molar-refractivity contribution in [2.75, 3.05) is 25.0 Å². The van der Waals surface area contributed by atoms with E-state index in [9.17, 15) is 4.79 Å². The summed E-state index contributed by atoms with van der Waals surface area (Å²) in [5.74, 6) is 0.876. The smallest absolute Gasteiger partial charge is 0.241 e. The Bertz CT molecular complexity index is 1100. The van der Waals surface area contributed by atoms with Crippen molar-refractivity contribution in [3.05, 3.63) is 79.1 Å². The monoisotopic (exact) mass is 456 g/mol. The van der Waals surface area contributed by atoms with E-state index in [-0.39, 0.29) is 18.4 Å². The zero-order chi connectivity index (χ0) is 23.8. The van der Waals surface area contributed by atoms with Crippen LogP contribution in [0.4, 0.5) is 5.69 Å². The Morgan fingerprint density at radius 2 is 1.74 bits per heavy atom. The molecule has 8 heteroatoms. The minimum atomic E-state index is -0.207. The van der Waals surface area contributed by atoms with E-state index in [4.69, 9.17) is 10.00 Å². The zero-order valence-electron chi connectivity index (χ0n) is 18.9. The van der Waals surface area contributed by atoms with Crippen LogP contribution in [0, 0.1) is 11.5 Å². The van der Waals surface area contributed by atoms with Crippen molar-refractivity contribution in [2.24, 2.45) is 4.99 Å². The molecular weight excluding hydrogens is 428 g/mol. The minimum absolute atomic E-state index is 0.0819. The number of amides is 1. The van der Waals surface area contributed by atoms with Gasteiger partial charge < -0.3 is 15.4 Å². The highest BCUT2D eigenvalue weighted by Crippen LogP contribution is 2.29. The summed E-state index contributed by atoms with van der Waals surface area (Å²) >= 11 is 0. The number of aliphatic imine (C=N–C) groups is 1. The third kappa shape index (κ3) is 8.28. The molecule has 0 aliphatic carbocycles. The lowest BCUT2D eigenvalue weighted by atomic mass is 10.1. The van der Waals surface area contributed by atoms with E-state index in [1.54, 1.807) is 30.7 Å². The van der Waals surface area contributed by atoms with Gasteiger partial charge in [0.15, 0.2) is 6.19 Å². The number of pyridine rings is 1. The van der Waals surface area contributed by atoms with Crippen molar-refractivity contribution in [1.82, 2.24) is 15.6 Å².